The molecule has 0 spiro atoms. The van der Waals surface area contributed by atoms with Gasteiger partial charge in [-0.2, -0.15) is 0 Å². The molecule has 0 amide bonds. The lowest BCUT2D eigenvalue weighted by Crippen LogP contribution is -2.38. The van der Waals surface area contributed by atoms with Crippen LogP contribution in [0.3, 0.4) is 0 Å². The normalized spacial score (nSPS) is 13.0. The van der Waals surface area contributed by atoms with Crippen LogP contribution in [0.4, 0.5) is 0 Å². The summed E-state index contributed by atoms with van der Waals surface area (Å²) in [5, 5.41) is 0. The molecule has 0 unspecified atom stereocenters. The third kappa shape index (κ3) is 8.25. The fourth-order valence-electron chi connectivity index (χ4n) is 1.76. The number of hydrogen-bond acceptors (Lipinski definition) is 4. The van der Waals surface area contributed by atoms with Crippen LogP contribution >= 0.6 is 12.4 Å². The second-order valence-electron chi connectivity index (χ2n) is 7.20. The lowest BCUT2D eigenvalue weighted by atomic mass is 10.1. The van der Waals surface area contributed by atoms with Crippen LogP contribution < -0.4 is 10.5 Å². The Morgan fingerprint density at radius 1 is 1.05 bits per heavy atom. The largest absolute Gasteiger partial charge is 0.488 e. The van der Waals surface area contributed by atoms with E-state index in [1.54, 1.807) is 0 Å². The lowest BCUT2D eigenvalue weighted by molar-refractivity contribution is -0.156. The van der Waals surface area contributed by atoms with Gasteiger partial charge in [0, 0.05) is 0 Å². The van der Waals surface area contributed by atoms with Gasteiger partial charge in [-0.1, -0.05) is 12.1 Å². The van der Waals surface area contributed by atoms with Crippen molar-refractivity contribution in [1.82, 2.24) is 0 Å². The van der Waals surface area contributed by atoms with Gasteiger partial charge in [0.05, 0.1) is 0 Å². The maximum Gasteiger partial charge on any atom is 0.323 e. The van der Waals surface area contributed by atoms with E-state index in [4.69, 9.17) is 15.2 Å². The van der Waals surface area contributed by atoms with Gasteiger partial charge in [-0.15, -0.1) is 12.4 Å². The number of benzene rings is 1. The maximum absolute atomic E-state index is 11.8. The highest BCUT2D eigenvalue weighted by atomic mass is 35.5. The van der Waals surface area contributed by atoms with Crippen molar-refractivity contribution in [3.63, 3.8) is 0 Å². The van der Waals surface area contributed by atoms with Gasteiger partial charge in [-0.25, -0.2) is 0 Å². The number of hydrogen-bond donors (Lipinski definition) is 1. The Hall–Kier alpha value is -1.26. The molecular formula is C17H28ClNO3. The zero-order chi connectivity index (χ0) is 16.3. The summed E-state index contributed by atoms with van der Waals surface area (Å²) in [4.78, 5) is 11.8. The summed E-state index contributed by atoms with van der Waals surface area (Å²) in [6, 6.07) is 6.97. The predicted molar refractivity (Wildman–Crippen MR) is 91.6 cm³/mol. The number of esters is 1. The molecule has 1 atom stereocenters. The van der Waals surface area contributed by atoms with Gasteiger partial charge in [-0.05, 0) is 65.7 Å². The first-order valence-electron chi connectivity index (χ1n) is 7.23. The van der Waals surface area contributed by atoms with E-state index in [9.17, 15) is 4.79 Å². The number of carbonyl (C=O) groups is 1. The average Bonchev–Trinajstić information content (AvgIpc) is 2.27. The van der Waals surface area contributed by atoms with Crippen molar-refractivity contribution >= 4 is 18.4 Å². The van der Waals surface area contributed by atoms with Crippen LogP contribution in [0, 0.1) is 0 Å². The molecule has 0 aromatic heterocycles. The van der Waals surface area contributed by atoms with Gasteiger partial charge in [-0.3, -0.25) is 4.79 Å². The Morgan fingerprint density at radius 2 is 1.55 bits per heavy atom. The molecule has 2 N–H and O–H groups in total. The summed E-state index contributed by atoms with van der Waals surface area (Å²) in [6.45, 7) is 11.5. The lowest BCUT2D eigenvalue weighted by Gasteiger charge is -2.22. The highest BCUT2D eigenvalue weighted by Gasteiger charge is 2.22. The summed E-state index contributed by atoms with van der Waals surface area (Å²) >= 11 is 0. The number of rotatable bonds is 4. The summed E-state index contributed by atoms with van der Waals surface area (Å²) < 4.78 is 11.0. The smallest absolute Gasteiger partial charge is 0.323 e. The van der Waals surface area contributed by atoms with E-state index in [0.717, 1.165) is 11.3 Å². The minimum Gasteiger partial charge on any atom is -0.488 e. The van der Waals surface area contributed by atoms with E-state index in [2.05, 4.69) is 0 Å². The minimum absolute atomic E-state index is 0. The quantitative estimate of drug-likeness (QED) is 0.859. The van der Waals surface area contributed by atoms with Gasteiger partial charge in [0.25, 0.3) is 0 Å². The Kier molecular flexibility index (Phi) is 7.39. The van der Waals surface area contributed by atoms with Crippen molar-refractivity contribution in [2.75, 3.05) is 0 Å². The molecule has 126 valence electrons. The second-order valence-corrected chi connectivity index (χ2v) is 7.20. The Bertz CT molecular complexity index is 472. The highest BCUT2D eigenvalue weighted by Crippen LogP contribution is 2.19. The molecule has 0 radical (unpaired) electrons. The molecule has 1 aromatic carbocycles. The van der Waals surface area contributed by atoms with Crippen LogP contribution in [-0.2, 0) is 16.0 Å². The zero-order valence-corrected chi connectivity index (χ0v) is 15.1. The number of halogens is 1. The second kappa shape index (κ2) is 7.84. The molecule has 5 heteroatoms. The third-order valence-electron chi connectivity index (χ3n) is 2.51. The van der Waals surface area contributed by atoms with Crippen LogP contribution in [0.2, 0.25) is 0 Å². The molecule has 0 bridgehead atoms. The minimum atomic E-state index is -0.654. The highest BCUT2D eigenvalue weighted by molar-refractivity contribution is 5.85. The molecule has 0 heterocycles. The Morgan fingerprint density at radius 3 is 1.95 bits per heavy atom. The molecule has 1 rings (SSSR count). The van der Waals surface area contributed by atoms with Crippen molar-refractivity contribution in [2.24, 2.45) is 5.73 Å². The van der Waals surface area contributed by atoms with Crippen molar-refractivity contribution in [3.8, 4) is 5.75 Å². The van der Waals surface area contributed by atoms with E-state index in [1.165, 1.54) is 0 Å². The summed E-state index contributed by atoms with van der Waals surface area (Å²) in [6.07, 6.45) is 0.449. The monoisotopic (exact) mass is 329 g/mol. The first-order valence-corrected chi connectivity index (χ1v) is 7.23. The molecular weight excluding hydrogens is 302 g/mol. The van der Waals surface area contributed by atoms with Crippen LogP contribution in [0.25, 0.3) is 0 Å². The molecule has 1 aromatic rings. The van der Waals surface area contributed by atoms with Gasteiger partial charge in [0.15, 0.2) is 0 Å². The number of nitrogens with two attached hydrogens (primary N) is 1. The van der Waals surface area contributed by atoms with Crippen molar-refractivity contribution in [3.05, 3.63) is 29.8 Å². The first-order chi connectivity index (χ1) is 9.46. The number of carbonyl (C=O) groups excluding carboxylic acids is 1. The molecule has 22 heavy (non-hydrogen) atoms. The predicted octanol–water partition coefficient (Wildman–Crippen LogP) is 3.50. The van der Waals surface area contributed by atoms with Crippen molar-refractivity contribution in [2.45, 2.75) is 65.2 Å². The summed E-state index contributed by atoms with van der Waals surface area (Å²) in [7, 11) is 0. The summed E-state index contributed by atoms with van der Waals surface area (Å²) in [5.74, 6) is 0.426. The number of ether oxygens (including phenoxy) is 2. The third-order valence-corrected chi connectivity index (χ3v) is 2.51. The molecule has 0 fully saturated rings. The van der Waals surface area contributed by atoms with Crippen LogP contribution in [0.15, 0.2) is 24.3 Å². The van der Waals surface area contributed by atoms with Crippen LogP contribution in [0.1, 0.15) is 47.1 Å². The maximum atomic E-state index is 11.8. The van der Waals surface area contributed by atoms with Gasteiger partial charge in [0.1, 0.15) is 23.0 Å². The fraction of sp³-hybridized carbons (Fsp3) is 0.588. The zero-order valence-electron chi connectivity index (χ0n) is 14.3. The fourth-order valence-corrected chi connectivity index (χ4v) is 1.76. The van der Waals surface area contributed by atoms with E-state index in [-0.39, 0.29) is 24.0 Å². The van der Waals surface area contributed by atoms with Crippen LogP contribution in [-0.4, -0.2) is 23.2 Å². The topological polar surface area (TPSA) is 61.5 Å². The SMILES string of the molecule is CC(C)(C)OC(=O)[C@@H](N)Cc1ccc(OC(C)(C)C)cc1.Cl. The van der Waals surface area contributed by atoms with Crippen molar-refractivity contribution < 1.29 is 14.3 Å². The van der Waals surface area contributed by atoms with E-state index < -0.39 is 11.6 Å². The molecule has 4 nitrogen and oxygen atoms in total. The summed E-state index contributed by atoms with van der Waals surface area (Å²) in [5.41, 5.74) is 6.13. The van der Waals surface area contributed by atoms with Gasteiger partial charge < -0.3 is 15.2 Å². The van der Waals surface area contributed by atoms with E-state index in [1.807, 2.05) is 65.8 Å². The Balaban J connectivity index is 0.00000441. The van der Waals surface area contributed by atoms with Gasteiger partial charge >= 0.3 is 5.97 Å². The van der Waals surface area contributed by atoms with E-state index >= 15 is 0 Å². The molecule has 0 saturated carbocycles. The molecule has 0 aliphatic heterocycles. The molecule has 0 aliphatic rings. The first kappa shape index (κ1) is 20.7. The Labute approximate surface area is 139 Å². The van der Waals surface area contributed by atoms with Gasteiger partial charge in [0.2, 0.25) is 0 Å². The van der Waals surface area contributed by atoms with E-state index in [0.29, 0.717) is 6.42 Å². The molecule has 0 saturated heterocycles. The average molecular weight is 330 g/mol. The molecule has 0 aliphatic carbocycles. The van der Waals surface area contributed by atoms with Crippen molar-refractivity contribution in [1.29, 1.82) is 0 Å². The standard InChI is InChI=1S/C17H27NO3.ClH/c1-16(2,3)20-13-9-7-12(8-10-13)11-14(18)15(19)21-17(4,5)6;/h7-10,14H,11,18H2,1-6H3;1H/t14-;/m0./s1. The van der Waals surface area contributed by atoms with Crippen LogP contribution in [0.5, 0.6) is 5.75 Å².